The van der Waals surface area contributed by atoms with Crippen LogP contribution in [0.1, 0.15) is 55.8 Å². The van der Waals surface area contributed by atoms with Crippen LogP contribution < -0.4 is 5.73 Å². The van der Waals surface area contributed by atoms with Crippen molar-refractivity contribution in [2.75, 3.05) is 18.9 Å². The number of nitrogens with two attached hydrogens (primary N) is 1. The highest BCUT2D eigenvalue weighted by Gasteiger charge is 2.25. The van der Waals surface area contributed by atoms with Crippen LogP contribution in [0.3, 0.4) is 0 Å². The molecule has 1 saturated heterocycles. The molecule has 0 saturated carbocycles. The van der Waals surface area contributed by atoms with E-state index >= 15 is 0 Å². The summed E-state index contributed by atoms with van der Waals surface area (Å²) in [4.78, 5) is 2.75. The highest BCUT2D eigenvalue weighted by atomic mass is 19.2. The predicted molar refractivity (Wildman–Crippen MR) is 92.3 cm³/mol. The van der Waals surface area contributed by atoms with E-state index in [9.17, 15) is 13.2 Å². The Hall–Kier alpha value is -2.13. The van der Waals surface area contributed by atoms with E-state index in [1.54, 1.807) is 0 Å². The summed E-state index contributed by atoms with van der Waals surface area (Å²) in [6.07, 6.45) is 4.71. The van der Waals surface area contributed by atoms with Crippen LogP contribution in [0.15, 0.2) is 12.1 Å². The van der Waals surface area contributed by atoms with Gasteiger partial charge in [-0.15, -0.1) is 10.2 Å². The SMILES string of the molecule is Nc1nnc(C(CCCCOC2CCCCO2)c2ccc(F)c(F)c2F)[nH]1. The molecule has 6 nitrogen and oxygen atoms in total. The largest absolute Gasteiger partial charge is 0.368 e. The second kappa shape index (κ2) is 9.18. The van der Waals surface area contributed by atoms with Crippen LogP contribution in [-0.2, 0) is 9.47 Å². The van der Waals surface area contributed by atoms with E-state index in [-0.39, 0.29) is 17.8 Å². The normalized spacial score (nSPS) is 18.6. The Morgan fingerprint density at radius 3 is 2.74 bits per heavy atom. The molecule has 2 atom stereocenters. The van der Waals surface area contributed by atoms with Crippen LogP contribution in [0.5, 0.6) is 0 Å². The third-order valence-electron chi connectivity index (χ3n) is 4.62. The average Bonchev–Trinajstić information content (AvgIpc) is 3.10. The minimum atomic E-state index is -1.50. The minimum Gasteiger partial charge on any atom is -0.368 e. The fourth-order valence-electron chi connectivity index (χ4n) is 3.20. The zero-order valence-corrected chi connectivity index (χ0v) is 14.9. The van der Waals surface area contributed by atoms with Crippen molar-refractivity contribution in [1.29, 1.82) is 0 Å². The molecule has 0 radical (unpaired) electrons. The molecule has 0 amide bonds. The molecule has 27 heavy (non-hydrogen) atoms. The number of H-pyrrole nitrogens is 1. The number of rotatable bonds is 8. The molecule has 1 aromatic carbocycles. The summed E-state index contributed by atoms with van der Waals surface area (Å²) in [6, 6.07) is 2.13. The molecule has 1 aliphatic rings. The fraction of sp³-hybridized carbons (Fsp3) is 0.556. The van der Waals surface area contributed by atoms with Gasteiger partial charge in [-0.25, -0.2) is 13.2 Å². The van der Waals surface area contributed by atoms with Crippen molar-refractivity contribution in [3.63, 3.8) is 0 Å². The van der Waals surface area contributed by atoms with E-state index < -0.39 is 23.4 Å². The molecule has 3 rings (SSSR count). The first-order valence-electron chi connectivity index (χ1n) is 9.11. The smallest absolute Gasteiger partial charge is 0.219 e. The molecule has 1 aliphatic heterocycles. The van der Waals surface area contributed by atoms with E-state index in [1.807, 2.05) is 0 Å². The number of benzene rings is 1. The summed E-state index contributed by atoms with van der Waals surface area (Å²) in [6.45, 7) is 1.23. The third-order valence-corrected chi connectivity index (χ3v) is 4.62. The molecule has 2 aromatic rings. The average molecular weight is 384 g/mol. The minimum absolute atomic E-state index is 0.0154. The van der Waals surface area contributed by atoms with Gasteiger partial charge in [0, 0.05) is 24.7 Å². The first-order chi connectivity index (χ1) is 13.1. The van der Waals surface area contributed by atoms with Gasteiger partial charge in [0.15, 0.2) is 23.7 Å². The van der Waals surface area contributed by atoms with Gasteiger partial charge in [0.1, 0.15) is 5.82 Å². The molecule has 0 spiro atoms. The van der Waals surface area contributed by atoms with Gasteiger partial charge in [-0.3, -0.25) is 0 Å². The summed E-state index contributed by atoms with van der Waals surface area (Å²) < 4.78 is 52.4. The number of nitrogen functional groups attached to an aromatic ring is 1. The maximum Gasteiger partial charge on any atom is 0.219 e. The quantitative estimate of drug-likeness (QED) is 0.536. The number of unbranched alkanes of at least 4 members (excludes halogenated alkanes) is 1. The van der Waals surface area contributed by atoms with Gasteiger partial charge in [0.25, 0.3) is 0 Å². The lowest BCUT2D eigenvalue weighted by molar-refractivity contribution is -0.162. The fourth-order valence-corrected chi connectivity index (χ4v) is 3.20. The summed E-state index contributed by atoms with van der Waals surface area (Å²) in [5.41, 5.74) is 5.57. The second-order valence-electron chi connectivity index (χ2n) is 6.58. The first-order valence-corrected chi connectivity index (χ1v) is 9.11. The summed E-state index contributed by atoms with van der Waals surface area (Å²) in [5, 5.41) is 7.57. The lowest BCUT2D eigenvalue weighted by Gasteiger charge is -2.22. The molecule has 1 fully saturated rings. The molecular formula is C18H23F3N4O2. The number of nitrogens with zero attached hydrogens (tertiary/aromatic N) is 2. The topological polar surface area (TPSA) is 86.1 Å². The maximum atomic E-state index is 14.3. The molecule has 148 valence electrons. The summed E-state index contributed by atoms with van der Waals surface area (Å²) in [5.74, 6) is -4.17. The van der Waals surface area contributed by atoms with Gasteiger partial charge in [-0.05, 0) is 38.2 Å². The Kier molecular flexibility index (Phi) is 6.68. The standard InChI is InChI=1S/C18H23F3N4O2/c19-13-8-7-11(15(20)16(13)21)12(17-23-18(22)25-24-17)5-1-3-9-26-14-6-2-4-10-27-14/h7-8,12,14H,1-6,9-10H2,(H3,22,23,24,25). The third kappa shape index (κ3) is 4.98. The number of anilines is 1. The summed E-state index contributed by atoms with van der Waals surface area (Å²) >= 11 is 0. The molecule has 3 N–H and O–H groups in total. The van der Waals surface area contributed by atoms with Gasteiger partial charge >= 0.3 is 0 Å². The Balaban J connectivity index is 1.62. The van der Waals surface area contributed by atoms with Crippen LogP contribution in [0, 0.1) is 17.5 Å². The number of aromatic amines is 1. The Bertz CT molecular complexity index is 750. The van der Waals surface area contributed by atoms with E-state index in [1.165, 1.54) is 6.07 Å². The van der Waals surface area contributed by atoms with Gasteiger partial charge in [0.2, 0.25) is 5.95 Å². The Morgan fingerprint density at radius 1 is 1.19 bits per heavy atom. The van der Waals surface area contributed by atoms with Crippen molar-refractivity contribution in [2.45, 2.75) is 50.7 Å². The number of hydrogen-bond acceptors (Lipinski definition) is 5. The molecular weight excluding hydrogens is 361 g/mol. The van der Waals surface area contributed by atoms with Crippen molar-refractivity contribution in [3.05, 3.63) is 41.0 Å². The molecule has 2 unspecified atom stereocenters. The number of ether oxygens (including phenoxy) is 2. The lowest BCUT2D eigenvalue weighted by atomic mass is 9.92. The van der Waals surface area contributed by atoms with Gasteiger partial charge in [-0.1, -0.05) is 12.5 Å². The zero-order chi connectivity index (χ0) is 19.2. The van der Waals surface area contributed by atoms with Crippen LogP contribution in [0.2, 0.25) is 0 Å². The predicted octanol–water partition coefficient (Wildman–Crippen LogP) is 3.65. The highest BCUT2D eigenvalue weighted by molar-refractivity contribution is 5.30. The number of hydrogen-bond donors (Lipinski definition) is 2. The van der Waals surface area contributed by atoms with Crippen molar-refractivity contribution in [2.24, 2.45) is 0 Å². The molecule has 9 heteroatoms. The van der Waals surface area contributed by atoms with Crippen LogP contribution in [0.25, 0.3) is 0 Å². The number of nitrogens with one attached hydrogen (secondary N) is 1. The van der Waals surface area contributed by atoms with E-state index in [0.29, 0.717) is 31.7 Å². The van der Waals surface area contributed by atoms with Gasteiger partial charge in [0.05, 0.1) is 0 Å². The van der Waals surface area contributed by atoms with Crippen molar-refractivity contribution in [3.8, 4) is 0 Å². The Morgan fingerprint density at radius 2 is 2.04 bits per heavy atom. The van der Waals surface area contributed by atoms with Crippen molar-refractivity contribution in [1.82, 2.24) is 15.2 Å². The molecule has 0 bridgehead atoms. The van der Waals surface area contributed by atoms with E-state index in [0.717, 1.165) is 31.9 Å². The number of aromatic nitrogens is 3. The summed E-state index contributed by atoms with van der Waals surface area (Å²) in [7, 11) is 0. The molecule has 2 heterocycles. The molecule has 1 aromatic heterocycles. The maximum absolute atomic E-state index is 14.3. The van der Waals surface area contributed by atoms with Crippen molar-refractivity contribution < 1.29 is 22.6 Å². The van der Waals surface area contributed by atoms with Crippen molar-refractivity contribution >= 4 is 5.95 Å². The van der Waals surface area contributed by atoms with Crippen LogP contribution in [0.4, 0.5) is 19.1 Å². The zero-order valence-electron chi connectivity index (χ0n) is 14.9. The van der Waals surface area contributed by atoms with Gasteiger partial charge < -0.3 is 20.2 Å². The van der Waals surface area contributed by atoms with E-state index in [4.69, 9.17) is 15.2 Å². The number of halogens is 3. The van der Waals surface area contributed by atoms with Crippen LogP contribution in [-0.4, -0.2) is 34.7 Å². The second-order valence-corrected chi connectivity index (χ2v) is 6.58. The highest BCUT2D eigenvalue weighted by Crippen LogP contribution is 2.31. The first kappa shape index (κ1) is 19.6. The van der Waals surface area contributed by atoms with E-state index in [2.05, 4.69) is 15.2 Å². The Labute approximate surface area is 155 Å². The molecule has 0 aliphatic carbocycles. The van der Waals surface area contributed by atoms with Gasteiger partial charge in [-0.2, -0.15) is 0 Å². The monoisotopic (exact) mass is 384 g/mol. The van der Waals surface area contributed by atoms with Crippen LogP contribution >= 0.6 is 0 Å². The lowest BCUT2D eigenvalue weighted by Crippen LogP contribution is -2.22.